The van der Waals surface area contributed by atoms with Gasteiger partial charge in [0.1, 0.15) is 19.0 Å². The Morgan fingerprint density at radius 3 is 2.80 bits per heavy atom. The monoisotopic (exact) mass is 271 g/mol. The van der Waals surface area contributed by atoms with Crippen molar-refractivity contribution in [3.63, 3.8) is 0 Å². The molecule has 0 bridgehead atoms. The highest BCUT2D eigenvalue weighted by atomic mass is 16.6. The van der Waals surface area contributed by atoms with Gasteiger partial charge >= 0.3 is 0 Å². The molecule has 0 radical (unpaired) electrons. The van der Waals surface area contributed by atoms with Crippen molar-refractivity contribution in [2.75, 3.05) is 19.8 Å². The molecular weight excluding hydrogens is 254 g/mol. The number of hydrogen-bond donors (Lipinski definition) is 1. The summed E-state index contributed by atoms with van der Waals surface area (Å²) < 4.78 is 13.4. The van der Waals surface area contributed by atoms with E-state index in [0.29, 0.717) is 13.2 Å². The molecule has 20 heavy (non-hydrogen) atoms. The fourth-order valence-corrected chi connectivity index (χ4v) is 2.98. The van der Waals surface area contributed by atoms with Crippen molar-refractivity contribution >= 4 is 0 Å². The van der Waals surface area contributed by atoms with Crippen LogP contribution >= 0.6 is 0 Å². The summed E-state index contributed by atoms with van der Waals surface area (Å²) in [5.41, 5.74) is 2.57. The van der Waals surface area contributed by atoms with Crippen molar-refractivity contribution in [1.82, 2.24) is 14.9 Å². The van der Waals surface area contributed by atoms with Crippen molar-refractivity contribution in [3.05, 3.63) is 41.5 Å². The fraction of sp³-hybridized carbons (Fsp3) is 0.400. The summed E-state index contributed by atoms with van der Waals surface area (Å²) in [5.74, 6) is 2.75. The van der Waals surface area contributed by atoms with Gasteiger partial charge in [-0.15, -0.1) is 0 Å². The number of fused-ring (bicyclic) bond motifs is 2. The highest BCUT2D eigenvalue weighted by Gasteiger charge is 2.27. The van der Waals surface area contributed by atoms with E-state index in [4.69, 9.17) is 9.47 Å². The molecule has 1 aromatic carbocycles. The molecule has 0 spiro atoms. The van der Waals surface area contributed by atoms with Crippen LogP contribution in [0, 0.1) is 0 Å². The van der Waals surface area contributed by atoms with Gasteiger partial charge in [-0.3, -0.25) is 0 Å². The predicted molar refractivity (Wildman–Crippen MR) is 74.2 cm³/mol. The topological polar surface area (TPSA) is 48.3 Å². The first-order chi connectivity index (χ1) is 9.83. The Morgan fingerprint density at radius 1 is 1.25 bits per heavy atom. The van der Waals surface area contributed by atoms with Crippen molar-refractivity contribution in [2.24, 2.45) is 7.05 Å². The maximum atomic E-state index is 5.71. The minimum atomic E-state index is 0.120. The summed E-state index contributed by atoms with van der Waals surface area (Å²) in [6.07, 6.45) is 4.82. The highest BCUT2D eigenvalue weighted by Crippen LogP contribution is 2.38. The molecule has 1 N–H and O–H groups in total. The van der Waals surface area contributed by atoms with Crippen molar-refractivity contribution < 1.29 is 9.47 Å². The van der Waals surface area contributed by atoms with Crippen LogP contribution < -0.4 is 14.8 Å². The first-order valence-electron chi connectivity index (χ1n) is 6.96. The van der Waals surface area contributed by atoms with E-state index < -0.39 is 0 Å². The lowest BCUT2D eigenvalue weighted by Gasteiger charge is -2.29. The van der Waals surface area contributed by atoms with Crippen LogP contribution in [0.3, 0.4) is 0 Å². The average Bonchev–Trinajstić information content (AvgIpc) is 2.90. The van der Waals surface area contributed by atoms with Gasteiger partial charge in [-0.05, 0) is 29.7 Å². The smallest absolute Gasteiger partial charge is 0.161 e. The van der Waals surface area contributed by atoms with E-state index in [1.165, 1.54) is 11.1 Å². The normalized spacial score (nSPS) is 20.6. The fourth-order valence-electron chi connectivity index (χ4n) is 2.98. The molecule has 2 aromatic rings. The second-order valence-electron chi connectivity index (χ2n) is 5.23. The molecule has 0 saturated heterocycles. The molecule has 4 rings (SSSR count). The van der Waals surface area contributed by atoms with E-state index in [2.05, 4.69) is 27.0 Å². The Balaban J connectivity index is 1.82. The van der Waals surface area contributed by atoms with Crippen LogP contribution in [0.15, 0.2) is 24.5 Å². The van der Waals surface area contributed by atoms with E-state index in [1.807, 2.05) is 19.4 Å². The van der Waals surface area contributed by atoms with Crippen molar-refractivity contribution in [1.29, 1.82) is 0 Å². The highest BCUT2D eigenvalue weighted by molar-refractivity contribution is 5.51. The average molecular weight is 271 g/mol. The quantitative estimate of drug-likeness (QED) is 0.852. The third-order valence-corrected chi connectivity index (χ3v) is 3.97. The Hall–Kier alpha value is -2.01. The molecule has 0 aliphatic carbocycles. The first kappa shape index (κ1) is 11.8. The molecule has 1 atom stereocenters. The number of nitrogens with one attached hydrogen (secondary N) is 1. The van der Waals surface area contributed by atoms with Crippen LogP contribution in [-0.2, 0) is 13.5 Å². The third-order valence-electron chi connectivity index (χ3n) is 3.97. The zero-order chi connectivity index (χ0) is 13.5. The molecular formula is C15H17N3O2. The van der Waals surface area contributed by atoms with Gasteiger partial charge in [-0.2, -0.15) is 0 Å². The van der Waals surface area contributed by atoms with E-state index in [0.717, 1.165) is 30.3 Å². The predicted octanol–water partition coefficient (Wildman–Crippen LogP) is 1.43. The van der Waals surface area contributed by atoms with Gasteiger partial charge in [0.15, 0.2) is 11.5 Å². The van der Waals surface area contributed by atoms with Gasteiger partial charge in [0.25, 0.3) is 0 Å². The lowest BCUT2D eigenvalue weighted by molar-refractivity contribution is 0.171. The van der Waals surface area contributed by atoms with Gasteiger partial charge in [0.05, 0.1) is 6.04 Å². The van der Waals surface area contributed by atoms with Crippen LogP contribution in [0.25, 0.3) is 0 Å². The van der Waals surface area contributed by atoms with Crippen LogP contribution in [0.4, 0.5) is 0 Å². The number of rotatable bonds is 1. The Kier molecular flexibility index (Phi) is 2.67. The lowest BCUT2D eigenvalue weighted by Crippen LogP contribution is -2.32. The van der Waals surface area contributed by atoms with E-state index in [1.54, 1.807) is 0 Å². The molecule has 2 aliphatic heterocycles. The molecule has 1 unspecified atom stereocenters. The van der Waals surface area contributed by atoms with Gasteiger partial charge in [0, 0.05) is 26.0 Å². The van der Waals surface area contributed by atoms with E-state index >= 15 is 0 Å². The summed E-state index contributed by atoms with van der Waals surface area (Å²) in [5, 5.41) is 3.55. The van der Waals surface area contributed by atoms with Crippen LogP contribution in [0.5, 0.6) is 11.5 Å². The van der Waals surface area contributed by atoms with Gasteiger partial charge in [-0.25, -0.2) is 4.98 Å². The minimum absolute atomic E-state index is 0.120. The van der Waals surface area contributed by atoms with E-state index in [-0.39, 0.29) is 6.04 Å². The van der Waals surface area contributed by atoms with Gasteiger partial charge < -0.3 is 19.4 Å². The standard InChI is InChI=1S/C15H17N3O2/c1-18-5-4-17-15(18)14-11-9-13-12(19-6-7-20-13)8-10(11)2-3-16-14/h4-5,8-9,14,16H,2-3,6-7H2,1H3. The molecule has 0 saturated carbocycles. The molecule has 0 fully saturated rings. The van der Waals surface area contributed by atoms with E-state index in [9.17, 15) is 0 Å². The zero-order valence-corrected chi connectivity index (χ0v) is 11.4. The summed E-state index contributed by atoms with van der Waals surface area (Å²) in [4.78, 5) is 4.48. The summed E-state index contributed by atoms with van der Waals surface area (Å²) in [6, 6.07) is 4.35. The lowest BCUT2D eigenvalue weighted by atomic mass is 9.93. The zero-order valence-electron chi connectivity index (χ0n) is 11.4. The van der Waals surface area contributed by atoms with Crippen LogP contribution in [-0.4, -0.2) is 29.3 Å². The summed E-state index contributed by atoms with van der Waals surface area (Å²) >= 11 is 0. The Labute approximate surface area is 117 Å². The van der Waals surface area contributed by atoms with Crippen molar-refractivity contribution in [3.8, 4) is 11.5 Å². The van der Waals surface area contributed by atoms with Crippen LogP contribution in [0.1, 0.15) is 23.0 Å². The molecule has 2 aliphatic rings. The second-order valence-corrected chi connectivity index (χ2v) is 5.23. The number of imidazole rings is 1. The van der Waals surface area contributed by atoms with Gasteiger partial charge in [-0.1, -0.05) is 0 Å². The number of nitrogens with zero attached hydrogens (tertiary/aromatic N) is 2. The molecule has 104 valence electrons. The Morgan fingerprint density at radius 2 is 2.05 bits per heavy atom. The largest absolute Gasteiger partial charge is 0.486 e. The van der Waals surface area contributed by atoms with Crippen molar-refractivity contribution in [2.45, 2.75) is 12.5 Å². The number of benzene rings is 1. The maximum absolute atomic E-state index is 5.71. The summed E-state index contributed by atoms with van der Waals surface area (Å²) in [7, 11) is 2.02. The minimum Gasteiger partial charge on any atom is -0.486 e. The molecule has 5 nitrogen and oxygen atoms in total. The SMILES string of the molecule is Cn1ccnc1C1NCCc2cc3c(cc21)OCCO3. The molecule has 0 amide bonds. The first-order valence-corrected chi connectivity index (χ1v) is 6.96. The van der Waals surface area contributed by atoms with Gasteiger partial charge in [0.2, 0.25) is 0 Å². The molecule has 5 heteroatoms. The third kappa shape index (κ3) is 1.78. The molecule has 3 heterocycles. The number of hydrogen-bond acceptors (Lipinski definition) is 4. The number of ether oxygens (including phenoxy) is 2. The number of aryl methyl sites for hydroxylation is 1. The summed E-state index contributed by atoms with van der Waals surface area (Å²) in [6.45, 7) is 2.20. The number of aromatic nitrogens is 2. The Bertz CT molecular complexity index is 651. The molecule has 1 aromatic heterocycles. The van der Waals surface area contributed by atoms with Crippen LogP contribution in [0.2, 0.25) is 0 Å². The maximum Gasteiger partial charge on any atom is 0.161 e. The second kappa shape index (κ2) is 4.52.